The molecular weight excluding hydrogens is 1090 g/mol. The molecule has 510 valence electrons. The van der Waals surface area contributed by atoms with Crippen LogP contribution in [0.5, 0.6) is 0 Å². The smallest absolute Gasteiger partial charge is 0.0253 e. The van der Waals surface area contributed by atoms with E-state index in [2.05, 4.69) is 312 Å². The lowest BCUT2D eigenvalue weighted by atomic mass is 9.93. The number of hydrogen-bond acceptors (Lipinski definition) is 0. The molecule has 0 radical (unpaired) electrons. The molecule has 0 atom stereocenters. The van der Waals surface area contributed by atoms with Crippen LogP contribution in [0.1, 0.15) is 278 Å². The van der Waals surface area contributed by atoms with Crippen molar-refractivity contribution in [3.05, 3.63) is 212 Å². The van der Waals surface area contributed by atoms with Gasteiger partial charge in [-0.25, -0.2) is 0 Å². The molecule has 6 aromatic rings. The molecule has 6 aromatic carbocycles. The van der Waals surface area contributed by atoms with Crippen LogP contribution in [0.2, 0.25) is 0 Å². The van der Waals surface area contributed by atoms with Gasteiger partial charge in [0.15, 0.2) is 0 Å². The van der Waals surface area contributed by atoms with E-state index in [1.165, 1.54) is 167 Å². The molecule has 0 aliphatic carbocycles. The molecular formula is C91H146. The lowest BCUT2D eigenvalue weighted by Crippen LogP contribution is -2.02. The maximum absolute atomic E-state index is 2.39. The summed E-state index contributed by atoms with van der Waals surface area (Å²) >= 11 is 0. The Morgan fingerprint density at radius 2 is 0.363 bits per heavy atom. The van der Waals surface area contributed by atoms with E-state index in [-0.39, 0.29) is 0 Å². The van der Waals surface area contributed by atoms with Crippen molar-refractivity contribution in [1.29, 1.82) is 0 Å². The number of aryl methyl sites for hydroxylation is 7. The maximum Gasteiger partial charge on any atom is -0.0253 e. The molecule has 0 spiro atoms. The van der Waals surface area contributed by atoms with E-state index >= 15 is 0 Å². The van der Waals surface area contributed by atoms with Crippen LogP contribution < -0.4 is 0 Å². The summed E-state index contributed by atoms with van der Waals surface area (Å²) in [4.78, 5) is 0. The zero-order valence-corrected chi connectivity index (χ0v) is 64.2. The van der Waals surface area contributed by atoms with E-state index in [4.69, 9.17) is 0 Å². The predicted molar refractivity (Wildman–Crippen MR) is 413 cm³/mol. The second-order valence-corrected chi connectivity index (χ2v) is 32.3. The van der Waals surface area contributed by atoms with Gasteiger partial charge in [-0.05, 0) is 260 Å². The molecule has 0 aliphatic rings. The monoisotopic (exact) mass is 1240 g/mol. The van der Waals surface area contributed by atoms with Crippen LogP contribution in [0.25, 0.3) is 0 Å². The average molecular weight is 1240 g/mol. The Balaban J connectivity index is 0.000000546. The molecule has 0 aromatic heterocycles. The molecule has 0 unspecified atom stereocenters. The summed E-state index contributed by atoms with van der Waals surface area (Å²) in [6.45, 7) is 54.9. The van der Waals surface area contributed by atoms with Crippen LogP contribution >= 0.6 is 0 Å². The highest BCUT2D eigenvalue weighted by Crippen LogP contribution is 2.22. The van der Waals surface area contributed by atoms with Crippen molar-refractivity contribution in [3.8, 4) is 0 Å². The Hall–Kier alpha value is -4.68. The molecule has 91 heavy (non-hydrogen) atoms. The summed E-state index contributed by atoms with van der Waals surface area (Å²) < 4.78 is 0. The van der Waals surface area contributed by atoms with E-state index in [0.29, 0.717) is 0 Å². The van der Waals surface area contributed by atoms with Crippen molar-refractivity contribution in [2.45, 2.75) is 288 Å². The van der Waals surface area contributed by atoms with Gasteiger partial charge in [-0.15, -0.1) is 0 Å². The molecule has 0 aliphatic heterocycles. The molecule has 0 heteroatoms. The fourth-order valence-electron chi connectivity index (χ4n) is 11.0. The molecule has 0 saturated heterocycles. The van der Waals surface area contributed by atoms with Gasteiger partial charge in [0, 0.05) is 0 Å². The molecule has 0 amide bonds. The third-order valence-electron chi connectivity index (χ3n) is 16.6. The Kier molecular flexibility index (Phi) is 46.2. The molecule has 0 saturated carbocycles. The minimum Gasteiger partial charge on any atom is -0.0628 e. The van der Waals surface area contributed by atoms with Gasteiger partial charge in [0.2, 0.25) is 0 Å². The van der Waals surface area contributed by atoms with Crippen LogP contribution in [0.3, 0.4) is 0 Å². The summed E-state index contributed by atoms with van der Waals surface area (Å²) in [5, 5.41) is 0. The van der Waals surface area contributed by atoms with Crippen LogP contribution in [-0.4, -0.2) is 0 Å². The van der Waals surface area contributed by atoms with Gasteiger partial charge >= 0.3 is 0 Å². The summed E-state index contributed by atoms with van der Waals surface area (Å²) in [5.41, 5.74) is 18.2. The summed E-state index contributed by atoms with van der Waals surface area (Å²) in [6.07, 6.45) is 23.8. The largest absolute Gasteiger partial charge is 0.0628 e. The van der Waals surface area contributed by atoms with Crippen molar-refractivity contribution in [1.82, 2.24) is 0 Å². The first-order valence-electron chi connectivity index (χ1n) is 37.4. The Morgan fingerprint density at radius 1 is 0.165 bits per heavy atom. The second-order valence-electron chi connectivity index (χ2n) is 32.3. The fraction of sp³-hybridized carbons (Fsp3) is 0.604. The van der Waals surface area contributed by atoms with E-state index < -0.39 is 0 Å². The van der Waals surface area contributed by atoms with Gasteiger partial charge < -0.3 is 0 Å². The van der Waals surface area contributed by atoms with E-state index in [1.54, 1.807) is 22.3 Å². The molecule has 0 nitrogen and oxygen atoms in total. The first-order chi connectivity index (χ1) is 43.0. The van der Waals surface area contributed by atoms with Crippen molar-refractivity contribution in [2.24, 2.45) is 71.0 Å². The Morgan fingerprint density at radius 3 is 0.604 bits per heavy atom. The highest BCUT2D eigenvalue weighted by atomic mass is 14.1. The van der Waals surface area contributed by atoms with Crippen LogP contribution in [0.4, 0.5) is 0 Å². The Bertz CT molecular complexity index is 2490. The van der Waals surface area contributed by atoms with E-state index in [0.717, 1.165) is 71.0 Å². The van der Waals surface area contributed by atoms with Crippen molar-refractivity contribution >= 4 is 0 Å². The third-order valence-corrected chi connectivity index (χ3v) is 16.6. The minimum atomic E-state index is 0.753. The van der Waals surface area contributed by atoms with Crippen molar-refractivity contribution in [2.75, 3.05) is 0 Å². The highest BCUT2D eigenvalue weighted by molar-refractivity contribution is 5.30. The quantitative estimate of drug-likeness (QED) is 0.0407. The van der Waals surface area contributed by atoms with Gasteiger partial charge in [0.1, 0.15) is 0 Å². The topological polar surface area (TPSA) is 0 Å². The van der Waals surface area contributed by atoms with Crippen LogP contribution in [-0.2, 0) is 77.0 Å². The summed E-state index contributed by atoms with van der Waals surface area (Å²) in [7, 11) is 0. The van der Waals surface area contributed by atoms with Gasteiger partial charge in [-0.1, -0.05) is 312 Å². The van der Waals surface area contributed by atoms with Crippen molar-refractivity contribution in [3.63, 3.8) is 0 Å². The van der Waals surface area contributed by atoms with E-state index in [9.17, 15) is 0 Å². The molecule has 0 fully saturated rings. The highest BCUT2D eigenvalue weighted by Gasteiger charge is 2.09. The third kappa shape index (κ3) is 46.1. The van der Waals surface area contributed by atoms with Gasteiger partial charge in [-0.3, -0.25) is 0 Å². The first kappa shape index (κ1) is 84.3. The maximum atomic E-state index is 2.39. The predicted octanol–water partition coefficient (Wildman–Crippen LogP) is 27.2. The number of hydrogen-bond donors (Lipinski definition) is 0. The second kappa shape index (κ2) is 49.8. The number of rotatable bonds is 31. The molecule has 6 rings (SSSR count). The van der Waals surface area contributed by atoms with Crippen LogP contribution in [0.15, 0.2) is 146 Å². The van der Waals surface area contributed by atoms with Gasteiger partial charge in [-0.2, -0.15) is 0 Å². The average Bonchev–Trinajstić information content (AvgIpc) is 3.61. The SMILES string of the molecule is CC(C)CCc1ccc(CCC(C)C)cc1.CC(C)CCc1cccc(CCC(C)C)c1.CC(C)CCc1ccccc1CC(C)C.CC(C)CCc1ccccc1CCC(C)C.CC(C)Cc1ccc(CC(C)C)cc1.CC(C)Cc1ccccc1CC(C)C. The van der Waals surface area contributed by atoms with Crippen molar-refractivity contribution < 1.29 is 0 Å². The lowest BCUT2D eigenvalue weighted by Gasteiger charge is -2.13. The first-order valence-corrected chi connectivity index (χ1v) is 37.4. The van der Waals surface area contributed by atoms with Gasteiger partial charge in [0.25, 0.3) is 0 Å². The summed E-state index contributed by atoms with van der Waals surface area (Å²) in [5.74, 6) is 9.40. The normalized spacial score (nSPS) is 11.3. The molecule has 0 bridgehead atoms. The zero-order valence-electron chi connectivity index (χ0n) is 64.2. The fourth-order valence-corrected chi connectivity index (χ4v) is 11.0. The minimum absolute atomic E-state index is 0.753. The standard InChI is InChI=1S/3C16H26.C15H24.2C14H22/c1-13(2)5-7-15-9-11-16(12-10-15)8-6-14(3)4;1-13(2)8-10-15-6-5-7-16(12-15)11-9-14(3)4;1-13(2)9-11-15-7-5-6-8-16(15)12-10-14(3)4;1-12(2)9-10-14-7-5-6-8-15(14)11-13(3)4;1-11(2)9-13-5-7-14(8-6-13)10-12(3)4;1-11(2)9-13-7-5-6-8-14(13)10-12(3)4/h9-14H,5-8H2,1-4H3;5-7,12-14H,8-11H2,1-4H3;5-8,13-14H,9-12H2,1-4H3;5-8,12-13H,9-11H2,1-4H3;2*5-8,11-12H,9-10H2,1-4H3. The molecule has 0 heterocycles. The van der Waals surface area contributed by atoms with E-state index in [1.807, 2.05) is 0 Å². The lowest BCUT2D eigenvalue weighted by molar-refractivity contribution is 0.571. The van der Waals surface area contributed by atoms with Crippen LogP contribution in [0, 0.1) is 71.0 Å². The zero-order chi connectivity index (χ0) is 68.3. The summed E-state index contributed by atoms with van der Waals surface area (Å²) in [6, 6.07) is 54.2. The van der Waals surface area contributed by atoms with Gasteiger partial charge in [0.05, 0.1) is 0 Å². The molecule has 0 N–H and O–H groups in total. The Labute approximate surface area is 568 Å². The number of benzene rings is 6.